The molecule has 3 rings (SSSR count). The molecule has 3 nitrogen and oxygen atoms in total. The van der Waals surface area contributed by atoms with Crippen molar-refractivity contribution in [3.05, 3.63) is 24.3 Å². The Balaban J connectivity index is 1.78. The zero-order chi connectivity index (χ0) is 13.9. The van der Waals surface area contributed by atoms with Gasteiger partial charge in [0, 0.05) is 23.8 Å². The van der Waals surface area contributed by atoms with E-state index < -0.39 is 0 Å². The molecule has 2 fully saturated rings. The number of hydrogen-bond acceptors (Lipinski definition) is 3. The quantitative estimate of drug-likeness (QED) is 0.912. The van der Waals surface area contributed by atoms with Gasteiger partial charge in [-0.2, -0.15) is 0 Å². The van der Waals surface area contributed by atoms with Gasteiger partial charge in [0.05, 0.1) is 6.61 Å². The van der Waals surface area contributed by atoms with Crippen molar-refractivity contribution >= 4 is 5.69 Å². The topological polar surface area (TPSA) is 24.5 Å². The molecule has 0 radical (unpaired) electrons. The molecular formula is C17H26N2O. The third-order valence-corrected chi connectivity index (χ3v) is 4.83. The smallest absolute Gasteiger partial charge is 0.119 e. The monoisotopic (exact) mass is 274 g/mol. The Morgan fingerprint density at radius 3 is 2.35 bits per heavy atom. The van der Waals surface area contributed by atoms with E-state index in [9.17, 15) is 0 Å². The molecule has 2 aliphatic heterocycles. The minimum atomic E-state index is 0.698. The van der Waals surface area contributed by atoms with Crippen molar-refractivity contribution in [2.45, 2.75) is 57.2 Å². The van der Waals surface area contributed by atoms with Gasteiger partial charge < -0.3 is 15.0 Å². The van der Waals surface area contributed by atoms with Gasteiger partial charge in [-0.05, 0) is 70.3 Å². The minimum Gasteiger partial charge on any atom is -0.494 e. The van der Waals surface area contributed by atoms with Crippen LogP contribution in [0.15, 0.2) is 24.3 Å². The summed E-state index contributed by atoms with van der Waals surface area (Å²) in [7, 11) is 2.10. The van der Waals surface area contributed by atoms with Gasteiger partial charge in [0.25, 0.3) is 0 Å². The van der Waals surface area contributed by atoms with E-state index in [1.165, 1.54) is 37.8 Å². The van der Waals surface area contributed by atoms with Crippen LogP contribution in [0.1, 0.15) is 39.0 Å². The third kappa shape index (κ3) is 2.64. The molecule has 2 saturated heterocycles. The van der Waals surface area contributed by atoms with Crippen LogP contribution in [-0.4, -0.2) is 31.8 Å². The molecule has 0 saturated carbocycles. The highest BCUT2D eigenvalue weighted by Crippen LogP contribution is 2.38. The van der Waals surface area contributed by atoms with E-state index in [0.717, 1.165) is 12.4 Å². The lowest BCUT2D eigenvalue weighted by Gasteiger charge is -2.50. The number of nitrogens with one attached hydrogen (secondary N) is 1. The van der Waals surface area contributed by atoms with E-state index in [1.54, 1.807) is 0 Å². The van der Waals surface area contributed by atoms with Crippen LogP contribution in [0.3, 0.4) is 0 Å². The summed E-state index contributed by atoms with van der Waals surface area (Å²) in [6, 6.07) is 10.8. The van der Waals surface area contributed by atoms with Gasteiger partial charge in [-0.15, -0.1) is 0 Å². The number of rotatable bonds is 4. The normalized spacial score (nSPS) is 29.3. The van der Waals surface area contributed by atoms with Gasteiger partial charge in [-0.25, -0.2) is 0 Å². The zero-order valence-corrected chi connectivity index (χ0v) is 12.6. The molecular weight excluding hydrogens is 248 g/mol. The number of piperidine rings is 2. The number of hydrogen-bond donors (Lipinski definition) is 1. The summed E-state index contributed by atoms with van der Waals surface area (Å²) in [6.45, 7) is 2.76. The number of nitrogens with zero attached hydrogens (tertiary/aromatic N) is 1. The predicted octanol–water partition coefficient (Wildman–Crippen LogP) is 3.19. The zero-order valence-electron chi connectivity index (χ0n) is 12.6. The van der Waals surface area contributed by atoms with E-state index in [0.29, 0.717) is 18.1 Å². The molecule has 1 aromatic carbocycles. The van der Waals surface area contributed by atoms with Crippen molar-refractivity contribution < 1.29 is 4.74 Å². The average molecular weight is 274 g/mol. The molecule has 20 heavy (non-hydrogen) atoms. The summed E-state index contributed by atoms with van der Waals surface area (Å²) in [6.07, 6.45) is 6.61. The van der Waals surface area contributed by atoms with Gasteiger partial charge in [-0.3, -0.25) is 0 Å². The van der Waals surface area contributed by atoms with Gasteiger partial charge in [0.2, 0.25) is 0 Å². The molecule has 0 amide bonds. The third-order valence-electron chi connectivity index (χ3n) is 4.83. The fourth-order valence-corrected chi connectivity index (χ4v) is 3.92. The van der Waals surface area contributed by atoms with Gasteiger partial charge in [0.1, 0.15) is 5.75 Å². The largest absolute Gasteiger partial charge is 0.494 e. The molecule has 0 aromatic heterocycles. The van der Waals surface area contributed by atoms with Crippen molar-refractivity contribution in [1.82, 2.24) is 5.32 Å². The van der Waals surface area contributed by atoms with Crippen molar-refractivity contribution in [3.8, 4) is 5.75 Å². The first-order chi connectivity index (χ1) is 9.81. The lowest BCUT2D eigenvalue weighted by molar-refractivity contribution is 0.252. The predicted molar refractivity (Wildman–Crippen MR) is 83.6 cm³/mol. The van der Waals surface area contributed by atoms with E-state index >= 15 is 0 Å². The van der Waals surface area contributed by atoms with Crippen LogP contribution in [0.25, 0.3) is 0 Å². The van der Waals surface area contributed by atoms with Crippen molar-refractivity contribution in [1.29, 1.82) is 0 Å². The minimum absolute atomic E-state index is 0.698. The molecule has 2 heterocycles. The van der Waals surface area contributed by atoms with Crippen LogP contribution < -0.4 is 15.0 Å². The second kappa shape index (κ2) is 6.04. The fraction of sp³-hybridized carbons (Fsp3) is 0.647. The van der Waals surface area contributed by atoms with Crippen LogP contribution in [0, 0.1) is 0 Å². The Labute approximate surface area is 122 Å². The second-order valence-corrected chi connectivity index (χ2v) is 6.03. The highest BCUT2D eigenvalue weighted by Gasteiger charge is 2.37. The lowest BCUT2D eigenvalue weighted by atomic mass is 9.81. The Kier molecular flexibility index (Phi) is 4.16. The molecule has 0 spiro atoms. The van der Waals surface area contributed by atoms with Crippen LogP contribution in [-0.2, 0) is 0 Å². The molecule has 2 bridgehead atoms. The number of fused-ring (bicyclic) bond motifs is 2. The summed E-state index contributed by atoms with van der Waals surface area (Å²) in [5.41, 5.74) is 1.37. The standard InChI is InChI=1S/C17H26N2O/c1-3-20-17-9-7-14(8-10-17)19-15-5-4-6-16(19)12-13(11-15)18-2/h7-10,13,15-16,18H,3-6,11-12H2,1-2H3. The maximum absolute atomic E-state index is 5.55. The van der Waals surface area contributed by atoms with Gasteiger partial charge >= 0.3 is 0 Å². The van der Waals surface area contributed by atoms with Gasteiger partial charge in [-0.1, -0.05) is 0 Å². The summed E-state index contributed by atoms with van der Waals surface area (Å²) in [5.74, 6) is 0.978. The second-order valence-electron chi connectivity index (χ2n) is 6.03. The molecule has 110 valence electrons. The van der Waals surface area contributed by atoms with E-state index in [4.69, 9.17) is 4.74 Å². The van der Waals surface area contributed by atoms with Crippen molar-refractivity contribution in [2.75, 3.05) is 18.6 Å². The number of ether oxygens (including phenoxy) is 1. The maximum Gasteiger partial charge on any atom is 0.119 e. The average Bonchev–Trinajstić information content (AvgIpc) is 2.47. The highest BCUT2D eigenvalue weighted by atomic mass is 16.5. The van der Waals surface area contributed by atoms with Crippen LogP contribution in [0.5, 0.6) is 5.75 Å². The highest BCUT2D eigenvalue weighted by molar-refractivity contribution is 5.52. The van der Waals surface area contributed by atoms with E-state index in [-0.39, 0.29) is 0 Å². The number of benzene rings is 1. The van der Waals surface area contributed by atoms with Gasteiger partial charge in [0.15, 0.2) is 0 Å². The summed E-state index contributed by atoms with van der Waals surface area (Å²) >= 11 is 0. The SMILES string of the molecule is CCOc1ccc(N2C3CCCC2CC(NC)C3)cc1. The van der Waals surface area contributed by atoms with E-state index in [2.05, 4.69) is 41.5 Å². The lowest BCUT2D eigenvalue weighted by Crippen LogP contribution is -2.56. The molecule has 2 unspecified atom stereocenters. The Morgan fingerprint density at radius 1 is 1.15 bits per heavy atom. The molecule has 1 N–H and O–H groups in total. The molecule has 1 aromatic rings. The van der Waals surface area contributed by atoms with Crippen LogP contribution in [0.2, 0.25) is 0 Å². The van der Waals surface area contributed by atoms with Crippen LogP contribution in [0.4, 0.5) is 5.69 Å². The molecule has 0 aliphatic carbocycles. The van der Waals surface area contributed by atoms with Crippen molar-refractivity contribution in [2.24, 2.45) is 0 Å². The molecule has 2 aliphatic rings. The Hall–Kier alpha value is -1.22. The fourth-order valence-electron chi connectivity index (χ4n) is 3.92. The molecule has 2 atom stereocenters. The van der Waals surface area contributed by atoms with E-state index in [1.807, 2.05) is 6.92 Å². The first kappa shape index (κ1) is 13.7. The first-order valence-corrected chi connectivity index (χ1v) is 8.00. The number of anilines is 1. The first-order valence-electron chi connectivity index (χ1n) is 8.00. The summed E-state index contributed by atoms with van der Waals surface area (Å²) in [5, 5.41) is 3.48. The van der Waals surface area contributed by atoms with Crippen LogP contribution >= 0.6 is 0 Å². The Morgan fingerprint density at radius 2 is 1.80 bits per heavy atom. The summed E-state index contributed by atoms with van der Waals surface area (Å²) in [4.78, 5) is 2.67. The Bertz CT molecular complexity index is 417. The van der Waals surface area contributed by atoms with Crippen molar-refractivity contribution in [3.63, 3.8) is 0 Å². The maximum atomic E-state index is 5.55. The summed E-state index contributed by atoms with van der Waals surface area (Å²) < 4.78 is 5.55. The molecule has 3 heteroatoms.